The van der Waals surface area contributed by atoms with Crippen molar-refractivity contribution in [3.05, 3.63) is 99.5 Å². The molecule has 2 amide bonds. The lowest BCUT2D eigenvalue weighted by Gasteiger charge is -2.16. The minimum Gasteiger partial charge on any atom is -0.459 e. The van der Waals surface area contributed by atoms with Crippen molar-refractivity contribution in [2.75, 3.05) is 10.2 Å². The predicted molar refractivity (Wildman–Crippen MR) is 139 cm³/mol. The van der Waals surface area contributed by atoms with Crippen molar-refractivity contribution in [3.8, 4) is 0 Å². The molecule has 0 aliphatic carbocycles. The first kappa shape index (κ1) is 24.6. The van der Waals surface area contributed by atoms with Crippen molar-refractivity contribution in [3.63, 3.8) is 0 Å². The first-order valence-corrected chi connectivity index (χ1v) is 12.1. The molecule has 0 saturated heterocycles. The Morgan fingerprint density at radius 1 is 0.971 bits per heavy atom. The van der Waals surface area contributed by atoms with Crippen LogP contribution in [0.2, 0.25) is 5.02 Å². The number of esters is 1. The molecule has 0 aromatic heterocycles. The van der Waals surface area contributed by atoms with Gasteiger partial charge in [-0.3, -0.25) is 9.59 Å². The summed E-state index contributed by atoms with van der Waals surface area (Å²) in [5, 5.41) is 3.65. The number of nitrogens with zero attached hydrogens (tertiary/aromatic N) is 1. The van der Waals surface area contributed by atoms with Crippen molar-refractivity contribution in [1.82, 2.24) is 0 Å². The molecular weight excluding hydrogens is 484 g/mol. The van der Waals surface area contributed by atoms with Gasteiger partial charge in [0, 0.05) is 15.6 Å². The Balaban J connectivity index is 1.67. The Hall–Kier alpha value is -3.55. The SMILES string of the molecule is Cc1ccc(NC2=C(Sc3ccccc3)C(=O)N(c3ccc(C(=O)OC(C)C)cc3)C2=O)cc1Cl. The van der Waals surface area contributed by atoms with Gasteiger partial charge in [0.1, 0.15) is 10.6 Å². The quantitative estimate of drug-likeness (QED) is 0.303. The van der Waals surface area contributed by atoms with Crippen molar-refractivity contribution < 1.29 is 19.1 Å². The summed E-state index contributed by atoms with van der Waals surface area (Å²) >= 11 is 7.47. The summed E-state index contributed by atoms with van der Waals surface area (Å²) < 4.78 is 5.21. The molecule has 178 valence electrons. The van der Waals surface area contributed by atoms with E-state index in [1.807, 2.05) is 43.3 Å². The maximum absolute atomic E-state index is 13.5. The molecule has 0 unspecified atom stereocenters. The number of hydrogen-bond donors (Lipinski definition) is 1. The fraction of sp³-hybridized carbons (Fsp3) is 0.148. The van der Waals surface area contributed by atoms with Crippen molar-refractivity contribution in [2.24, 2.45) is 0 Å². The third-order valence-corrected chi connectivity index (χ3v) is 6.65. The van der Waals surface area contributed by atoms with E-state index in [2.05, 4.69) is 5.32 Å². The number of anilines is 2. The van der Waals surface area contributed by atoms with Crippen LogP contribution in [-0.4, -0.2) is 23.9 Å². The van der Waals surface area contributed by atoms with E-state index in [-0.39, 0.29) is 16.7 Å². The Kier molecular flexibility index (Phi) is 7.28. The molecule has 0 atom stereocenters. The number of ether oxygens (including phenoxy) is 1. The van der Waals surface area contributed by atoms with Gasteiger partial charge in [-0.15, -0.1) is 0 Å². The smallest absolute Gasteiger partial charge is 0.338 e. The number of nitrogens with one attached hydrogen (secondary N) is 1. The van der Waals surface area contributed by atoms with Gasteiger partial charge in [0.05, 0.1) is 17.4 Å². The molecule has 1 aliphatic rings. The molecule has 1 heterocycles. The molecule has 0 radical (unpaired) electrons. The van der Waals surface area contributed by atoms with Gasteiger partial charge in [-0.2, -0.15) is 0 Å². The molecule has 0 bridgehead atoms. The summed E-state index contributed by atoms with van der Waals surface area (Å²) in [4.78, 5) is 41.3. The third kappa shape index (κ3) is 5.42. The van der Waals surface area contributed by atoms with Crippen LogP contribution in [-0.2, 0) is 14.3 Å². The average molecular weight is 507 g/mol. The van der Waals surface area contributed by atoms with E-state index in [1.165, 1.54) is 23.9 Å². The number of rotatable bonds is 7. The van der Waals surface area contributed by atoms with Gasteiger partial charge in [0.25, 0.3) is 11.8 Å². The lowest BCUT2D eigenvalue weighted by molar-refractivity contribution is -0.120. The van der Waals surface area contributed by atoms with Gasteiger partial charge < -0.3 is 10.1 Å². The van der Waals surface area contributed by atoms with Gasteiger partial charge >= 0.3 is 5.97 Å². The number of imide groups is 1. The molecule has 1 aliphatic heterocycles. The Labute approximate surface area is 212 Å². The zero-order valence-corrected chi connectivity index (χ0v) is 20.9. The summed E-state index contributed by atoms with van der Waals surface area (Å²) in [5.74, 6) is -1.42. The Bertz CT molecular complexity index is 1320. The van der Waals surface area contributed by atoms with Crippen LogP contribution < -0.4 is 10.2 Å². The highest BCUT2D eigenvalue weighted by Gasteiger charge is 2.40. The number of hydrogen-bond acceptors (Lipinski definition) is 6. The summed E-state index contributed by atoms with van der Waals surface area (Å²) in [6.07, 6.45) is -0.255. The molecule has 6 nitrogen and oxygen atoms in total. The van der Waals surface area contributed by atoms with Gasteiger partial charge in [0.15, 0.2) is 0 Å². The van der Waals surface area contributed by atoms with E-state index in [0.29, 0.717) is 22.0 Å². The van der Waals surface area contributed by atoms with Crippen LogP contribution in [0, 0.1) is 6.92 Å². The Morgan fingerprint density at radius 2 is 1.66 bits per heavy atom. The van der Waals surface area contributed by atoms with Crippen LogP contribution in [0.1, 0.15) is 29.8 Å². The summed E-state index contributed by atoms with van der Waals surface area (Å²) in [5.41, 5.74) is 2.34. The number of aryl methyl sites for hydroxylation is 1. The van der Waals surface area contributed by atoms with Crippen LogP contribution in [0.3, 0.4) is 0 Å². The highest BCUT2D eigenvalue weighted by molar-refractivity contribution is 8.04. The van der Waals surface area contributed by atoms with E-state index in [0.717, 1.165) is 15.4 Å². The third-order valence-electron chi connectivity index (χ3n) is 5.15. The normalized spacial score (nSPS) is 13.6. The molecule has 8 heteroatoms. The molecule has 3 aromatic carbocycles. The molecule has 0 spiro atoms. The van der Waals surface area contributed by atoms with Crippen LogP contribution in [0.25, 0.3) is 0 Å². The van der Waals surface area contributed by atoms with Crippen molar-refractivity contribution in [2.45, 2.75) is 31.8 Å². The molecule has 0 saturated carbocycles. The van der Waals surface area contributed by atoms with Crippen LogP contribution in [0.15, 0.2) is 88.3 Å². The van der Waals surface area contributed by atoms with Crippen molar-refractivity contribution in [1.29, 1.82) is 0 Å². The highest BCUT2D eigenvalue weighted by atomic mass is 35.5. The fourth-order valence-electron chi connectivity index (χ4n) is 3.40. The van der Waals surface area contributed by atoms with E-state index in [4.69, 9.17) is 16.3 Å². The minimum atomic E-state index is -0.498. The standard InChI is InChI=1S/C27H23ClN2O4S/c1-16(2)34-27(33)18-10-13-20(14-11-18)30-25(31)23(29-19-12-9-17(3)22(28)15-19)24(26(30)32)35-21-7-5-4-6-8-21/h4-16,29H,1-3H3. The van der Waals surface area contributed by atoms with Gasteiger partial charge in [0.2, 0.25) is 0 Å². The highest BCUT2D eigenvalue weighted by Crippen LogP contribution is 2.38. The molecule has 1 N–H and O–H groups in total. The second-order valence-corrected chi connectivity index (χ2v) is 9.65. The largest absolute Gasteiger partial charge is 0.459 e. The van der Waals surface area contributed by atoms with Crippen LogP contribution >= 0.6 is 23.4 Å². The molecule has 35 heavy (non-hydrogen) atoms. The number of carbonyl (C=O) groups excluding carboxylic acids is 3. The van der Waals surface area contributed by atoms with Crippen LogP contribution in [0.5, 0.6) is 0 Å². The van der Waals surface area contributed by atoms with Crippen LogP contribution in [0.4, 0.5) is 11.4 Å². The summed E-state index contributed by atoms with van der Waals surface area (Å²) in [6, 6.07) is 20.9. The van der Waals surface area contributed by atoms with E-state index in [1.54, 1.807) is 38.1 Å². The van der Waals surface area contributed by atoms with E-state index < -0.39 is 17.8 Å². The number of carbonyl (C=O) groups is 3. The Morgan fingerprint density at radius 3 is 2.29 bits per heavy atom. The maximum atomic E-state index is 13.5. The second-order valence-electron chi connectivity index (χ2n) is 8.15. The molecule has 3 aromatic rings. The number of halogens is 1. The lowest BCUT2D eigenvalue weighted by Crippen LogP contribution is -2.32. The summed E-state index contributed by atoms with van der Waals surface area (Å²) in [7, 11) is 0. The number of benzene rings is 3. The first-order valence-electron chi connectivity index (χ1n) is 10.9. The van der Waals surface area contributed by atoms with Crippen molar-refractivity contribution >= 4 is 52.5 Å². The molecule has 0 fully saturated rings. The van der Waals surface area contributed by atoms with Gasteiger partial charge in [-0.1, -0.05) is 47.6 Å². The zero-order valence-electron chi connectivity index (χ0n) is 19.4. The average Bonchev–Trinajstić information content (AvgIpc) is 3.05. The molecule has 4 rings (SSSR count). The first-order chi connectivity index (χ1) is 16.7. The zero-order chi connectivity index (χ0) is 25.1. The number of thioether (sulfide) groups is 1. The maximum Gasteiger partial charge on any atom is 0.338 e. The minimum absolute atomic E-state index is 0.159. The topological polar surface area (TPSA) is 75.7 Å². The lowest BCUT2D eigenvalue weighted by atomic mass is 10.2. The monoisotopic (exact) mass is 506 g/mol. The second kappa shape index (κ2) is 10.4. The number of amides is 2. The van der Waals surface area contributed by atoms with E-state index in [9.17, 15) is 14.4 Å². The van der Waals surface area contributed by atoms with Gasteiger partial charge in [-0.05, 0) is 74.9 Å². The predicted octanol–water partition coefficient (Wildman–Crippen LogP) is 6.20. The van der Waals surface area contributed by atoms with E-state index >= 15 is 0 Å². The van der Waals surface area contributed by atoms with Gasteiger partial charge in [-0.25, -0.2) is 9.69 Å². The molecular formula is C27H23ClN2O4S. The summed E-state index contributed by atoms with van der Waals surface area (Å²) in [6.45, 7) is 5.41. The fourth-order valence-corrected chi connectivity index (χ4v) is 4.53.